The van der Waals surface area contributed by atoms with Crippen LogP contribution in [0.25, 0.3) is 5.76 Å². The van der Waals surface area contributed by atoms with Crippen LogP contribution >= 0.6 is 22.9 Å². The van der Waals surface area contributed by atoms with Gasteiger partial charge >= 0.3 is 11.9 Å². The van der Waals surface area contributed by atoms with E-state index >= 15 is 0 Å². The number of aryl methyl sites for hydroxylation is 2. The molecule has 0 unspecified atom stereocenters. The summed E-state index contributed by atoms with van der Waals surface area (Å²) in [6.07, 6.45) is 0. The minimum absolute atomic E-state index is 0.118. The zero-order chi connectivity index (χ0) is 25.4. The number of benzene rings is 2. The number of esters is 1. The fraction of sp³-hybridized carbons (Fsp3) is 0.200. The van der Waals surface area contributed by atoms with Crippen molar-refractivity contribution in [2.75, 3.05) is 19.1 Å². The molecule has 2 aromatic carbocycles. The van der Waals surface area contributed by atoms with Gasteiger partial charge in [-0.1, -0.05) is 52.8 Å². The molecule has 2 heterocycles. The maximum absolute atomic E-state index is 13.3. The largest absolute Gasteiger partial charge is 0.507 e. The summed E-state index contributed by atoms with van der Waals surface area (Å²) in [6.45, 7) is 3.52. The van der Waals surface area contributed by atoms with Gasteiger partial charge in [-0.3, -0.25) is 14.5 Å². The van der Waals surface area contributed by atoms with Crippen LogP contribution in [-0.2, 0) is 14.3 Å². The highest BCUT2D eigenvalue weighted by molar-refractivity contribution is 7.17. The van der Waals surface area contributed by atoms with E-state index in [1.165, 1.54) is 25.2 Å². The number of rotatable bonds is 5. The number of Topliss-reactive ketones (excluding diaryl/α,β-unsaturated/α-hetero) is 1. The molecule has 1 atom stereocenters. The van der Waals surface area contributed by atoms with Crippen LogP contribution in [0.1, 0.15) is 38.1 Å². The van der Waals surface area contributed by atoms with Crippen LogP contribution in [0.15, 0.2) is 48.0 Å². The van der Waals surface area contributed by atoms with E-state index in [1.54, 1.807) is 31.2 Å². The van der Waals surface area contributed by atoms with E-state index in [9.17, 15) is 19.5 Å². The van der Waals surface area contributed by atoms with Crippen LogP contribution in [0.5, 0.6) is 5.75 Å². The number of amides is 1. The zero-order valence-corrected chi connectivity index (χ0v) is 20.9. The van der Waals surface area contributed by atoms with Crippen LogP contribution in [0, 0.1) is 13.8 Å². The highest BCUT2D eigenvalue weighted by atomic mass is 35.5. The topological polar surface area (TPSA) is 106 Å². The van der Waals surface area contributed by atoms with Crippen molar-refractivity contribution in [3.63, 3.8) is 0 Å². The Labute approximate surface area is 210 Å². The van der Waals surface area contributed by atoms with Crippen molar-refractivity contribution < 1.29 is 29.0 Å². The van der Waals surface area contributed by atoms with E-state index in [2.05, 4.69) is 4.98 Å². The summed E-state index contributed by atoms with van der Waals surface area (Å²) in [6, 6.07) is 10.8. The number of aliphatic hydroxyl groups excluding tert-OH is 1. The Kier molecular flexibility index (Phi) is 6.64. The lowest BCUT2D eigenvalue weighted by molar-refractivity contribution is -0.132. The normalized spacial score (nSPS) is 17.1. The molecular weight excluding hydrogens is 492 g/mol. The number of ketones is 1. The van der Waals surface area contributed by atoms with Gasteiger partial charge in [0.05, 0.1) is 36.6 Å². The lowest BCUT2D eigenvalue weighted by atomic mass is 9.95. The standard InChI is InChI=1S/C25H21ClN2O6S/c1-12-5-7-14(8-6-12)19-18(20(29)15-9-10-17(33-3)16(26)11-15)21(30)23(31)28(19)25-27-13(2)22(35-25)24(32)34-4/h5-11,19,29H,1-4H3/b20-18+/t19-/m0/s1. The molecule has 0 aliphatic carbocycles. The summed E-state index contributed by atoms with van der Waals surface area (Å²) in [7, 11) is 2.71. The fourth-order valence-corrected chi connectivity index (χ4v) is 5.10. The van der Waals surface area contributed by atoms with Gasteiger partial charge in [-0.25, -0.2) is 9.78 Å². The van der Waals surface area contributed by atoms with Crippen LogP contribution in [0.4, 0.5) is 5.13 Å². The van der Waals surface area contributed by atoms with Gasteiger partial charge < -0.3 is 14.6 Å². The Morgan fingerprint density at radius 3 is 2.40 bits per heavy atom. The van der Waals surface area contributed by atoms with Gasteiger partial charge in [0.25, 0.3) is 5.78 Å². The fourth-order valence-electron chi connectivity index (χ4n) is 3.83. The molecular formula is C25H21ClN2O6S. The molecule has 8 nitrogen and oxygen atoms in total. The van der Waals surface area contributed by atoms with E-state index in [1.807, 2.05) is 19.1 Å². The Morgan fingerprint density at radius 1 is 1.11 bits per heavy atom. The van der Waals surface area contributed by atoms with Crippen molar-refractivity contribution >= 4 is 51.5 Å². The van der Waals surface area contributed by atoms with Gasteiger partial charge in [0.1, 0.15) is 16.4 Å². The first-order valence-corrected chi connectivity index (χ1v) is 11.6. The highest BCUT2D eigenvalue weighted by Gasteiger charge is 2.48. The second-order valence-electron chi connectivity index (χ2n) is 7.83. The number of thiazole rings is 1. The van der Waals surface area contributed by atoms with Gasteiger partial charge in [0, 0.05) is 5.56 Å². The number of ether oxygens (including phenoxy) is 2. The first-order chi connectivity index (χ1) is 16.7. The smallest absolute Gasteiger partial charge is 0.350 e. The highest BCUT2D eigenvalue weighted by Crippen LogP contribution is 2.44. The van der Waals surface area contributed by atoms with Crippen molar-refractivity contribution in [2.45, 2.75) is 19.9 Å². The molecule has 1 N–H and O–H groups in total. The monoisotopic (exact) mass is 512 g/mol. The van der Waals surface area contributed by atoms with Gasteiger partial charge in [-0.15, -0.1) is 0 Å². The Morgan fingerprint density at radius 2 is 1.80 bits per heavy atom. The molecule has 0 spiro atoms. The number of carbonyl (C=O) groups is 3. The van der Waals surface area contributed by atoms with Crippen molar-refractivity contribution in [1.29, 1.82) is 0 Å². The number of hydrogen-bond acceptors (Lipinski definition) is 8. The SMILES string of the molecule is COC(=O)c1sc(N2C(=O)C(=O)/C(=C(/O)c3ccc(OC)c(Cl)c3)[C@@H]2c2ccc(C)cc2)nc1C. The Hall–Kier alpha value is -3.69. The van der Waals surface area contributed by atoms with Crippen LogP contribution < -0.4 is 9.64 Å². The van der Waals surface area contributed by atoms with Crippen LogP contribution in [0.2, 0.25) is 5.02 Å². The van der Waals surface area contributed by atoms with Crippen molar-refractivity contribution in [1.82, 2.24) is 4.98 Å². The molecule has 3 aromatic rings. The number of anilines is 1. The van der Waals surface area contributed by atoms with E-state index in [-0.39, 0.29) is 31.9 Å². The van der Waals surface area contributed by atoms with E-state index in [0.717, 1.165) is 16.9 Å². The van der Waals surface area contributed by atoms with Gasteiger partial charge in [-0.2, -0.15) is 0 Å². The average Bonchev–Trinajstić information content (AvgIpc) is 3.35. The molecule has 10 heteroatoms. The van der Waals surface area contributed by atoms with Gasteiger partial charge in [0.15, 0.2) is 5.13 Å². The average molecular weight is 513 g/mol. The quantitative estimate of drug-likeness (QED) is 0.226. The van der Waals surface area contributed by atoms with E-state index in [0.29, 0.717) is 17.0 Å². The third-order valence-corrected chi connectivity index (χ3v) is 7.06. The zero-order valence-electron chi connectivity index (χ0n) is 19.3. The predicted octanol–water partition coefficient (Wildman–Crippen LogP) is 4.83. The summed E-state index contributed by atoms with van der Waals surface area (Å²) in [5.74, 6) is -2.34. The Balaban J connectivity index is 1.93. The van der Waals surface area contributed by atoms with E-state index in [4.69, 9.17) is 21.1 Å². The summed E-state index contributed by atoms with van der Waals surface area (Å²) in [5, 5.41) is 11.6. The number of carbonyl (C=O) groups excluding carboxylic acids is 3. The first-order valence-electron chi connectivity index (χ1n) is 10.4. The lowest BCUT2D eigenvalue weighted by Crippen LogP contribution is -2.29. The number of aromatic nitrogens is 1. The molecule has 0 saturated carbocycles. The Bertz CT molecular complexity index is 1380. The van der Waals surface area contributed by atoms with Gasteiger partial charge in [0.2, 0.25) is 0 Å². The minimum Gasteiger partial charge on any atom is -0.507 e. The molecule has 1 fully saturated rings. The molecule has 1 aromatic heterocycles. The maximum Gasteiger partial charge on any atom is 0.350 e. The molecule has 35 heavy (non-hydrogen) atoms. The molecule has 1 aliphatic heterocycles. The minimum atomic E-state index is -0.979. The molecule has 4 rings (SSSR count). The number of nitrogens with zero attached hydrogens (tertiary/aromatic N) is 2. The molecule has 0 bridgehead atoms. The molecule has 1 saturated heterocycles. The van der Waals surface area contributed by atoms with E-state index < -0.39 is 23.7 Å². The second-order valence-corrected chi connectivity index (χ2v) is 9.22. The van der Waals surface area contributed by atoms with Crippen molar-refractivity contribution in [3.8, 4) is 5.75 Å². The number of methoxy groups -OCH3 is 2. The van der Waals surface area contributed by atoms with Crippen molar-refractivity contribution in [3.05, 3.63) is 80.3 Å². The number of hydrogen-bond donors (Lipinski definition) is 1. The first kappa shape index (κ1) is 24.4. The van der Waals surface area contributed by atoms with Crippen molar-refractivity contribution in [2.24, 2.45) is 0 Å². The molecule has 180 valence electrons. The predicted molar refractivity (Wildman–Crippen MR) is 132 cm³/mol. The molecule has 1 aliphatic rings. The van der Waals surface area contributed by atoms with Crippen LogP contribution in [-0.4, -0.2) is 42.0 Å². The summed E-state index contributed by atoms with van der Waals surface area (Å²) in [4.78, 5) is 44.5. The number of halogens is 1. The third-order valence-electron chi connectivity index (χ3n) is 5.62. The third kappa shape index (κ3) is 4.28. The van der Waals surface area contributed by atoms with Crippen LogP contribution in [0.3, 0.4) is 0 Å². The summed E-state index contributed by atoms with van der Waals surface area (Å²) >= 11 is 7.17. The summed E-state index contributed by atoms with van der Waals surface area (Å²) < 4.78 is 9.96. The second kappa shape index (κ2) is 9.52. The molecule has 1 amide bonds. The lowest BCUT2D eigenvalue weighted by Gasteiger charge is -2.23. The maximum atomic E-state index is 13.3. The summed E-state index contributed by atoms with van der Waals surface area (Å²) in [5.41, 5.74) is 2.06. The number of aliphatic hydroxyl groups is 1. The van der Waals surface area contributed by atoms with Gasteiger partial charge in [-0.05, 0) is 37.6 Å². The molecule has 0 radical (unpaired) electrons.